The number of hydrogen-bond donors (Lipinski definition) is 3. The van der Waals surface area contributed by atoms with E-state index in [-0.39, 0.29) is 18.5 Å². The van der Waals surface area contributed by atoms with E-state index in [9.17, 15) is 4.79 Å². The number of carbonyl (C=O) groups excluding carboxylic acids is 1. The van der Waals surface area contributed by atoms with Gasteiger partial charge < -0.3 is 20.5 Å². The Bertz CT molecular complexity index is 943. The number of rotatable bonds is 5. The highest BCUT2D eigenvalue weighted by Crippen LogP contribution is 2.25. The number of anilines is 2. The molecule has 1 amide bonds. The maximum atomic E-state index is 12.3. The fourth-order valence-corrected chi connectivity index (χ4v) is 3.66. The van der Waals surface area contributed by atoms with Gasteiger partial charge in [0.25, 0.3) is 0 Å². The van der Waals surface area contributed by atoms with Gasteiger partial charge in [0.2, 0.25) is 5.91 Å². The molecule has 140 valence electrons. The zero-order valence-electron chi connectivity index (χ0n) is 14.8. The van der Waals surface area contributed by atoms with Crippen LogP contribution >= 0.6 is 11.6 Å². The lowest BCUT2D eigenvalue weighted by molar-refractivity contribution is -0.120. The van der Waals surface area contributed by atoms with E-state index in [0.29, 0.717) is 5.02 Å². The fourth-order valence-electron chi connectivity index (χ4n) is 3.46. The summed E-state index contributed by atoms with van der Waals surface area (Å²) >= 11 is 6.11. The largest absolute Gasteiger partial charge is 0.375 e. The molecule has 8 heteroatoms. The minimum absolute atomic E-state index is 0.0451. The van der Waals surface area contributed by atoms with E-state index in [0.717, 1.165) is 48.5 Å². The molecule has 1 aliphatic heterocycles. The number of para-hydroxylation sites is 1. The normalized spacial score (nSPS) is 17.1. The van der Waals surface area contributed by atoms with Crippen molar-refractivity contribution >= 4 is 40.0 Å². The van der Waals surface area contributed by atoms with Crippen molar-refractivity contribution in [3.8, 4) is 0 Å². The highest BCUT2D eigenvalue weighted by atomic mass is 35.5. The van der Waals surface area contributed by atoms with Gasteiger partial charge in [0.05, 0.1) is 22.6 Å². The molecule has 27 heavy (non-hydrogen) atoms. The quantitative estimate of drug-likeness (QED) is 0.629. The molecule has 1 aromatic carbocycles. The number of halogens is 1. The summed E-state index contributed by atoms with van der Waals surface area (Å²) in [4.78, 5) is 26.4. The van der Waals surface area contributed by atoms with Crippen molar-refractivity contribution in [1.82, 2.24) is 20.3 Å². The Hall–Kier alpha value is -2.80. The number of H-pyrrole nitrogens is 1. The number of fused-ring (bicyclic) bond motifs is 1. The van der Waals surface area contributed by atoms with Crippen molar-refractivity contribution in [3.63, 3.8) is 0 Å². The number of aromatic amines is 1. The van der Waals surface area contributed by atoms with Crippen molar-refractivity contribution in [2.45, 2.75) is 18.9 Å². The van der Waals surface area contributed by atoms with Crippen LogP contribution in [-0.4, -0.2) is 46.5 Å². The third-order valence-electron chi connectivity index (χ3n) is 4.73. The molecule has 0 saturated carbocycles. The summed E-state index contributed by atoms with van der Waals surface area (Å²) < 4.78 is 0. The van der Waals surface area contributed by atoms with Gasteiger partial charge >= 0.3 is 0 Å². The SMILES string of the molecule is O=C(CNc1ccccc1Cl)N[C@H]1CCCN(c2ncnc3[nH]ccc23)C1. The molecule has 3 aromatic rings. The molecule has 2 aromatic heterocycles. The van der Waals surface area contributed by atoms with Crippen molar-refractivity contribution in [3.05, 3.63) is 47.9 Å². The van der Waals surface area contributed by atoms with Crippen LogP contribution in [0.15, 0.2) is 42.9 Å². The van der Waals surface area contributed by atoms with Crippen molar-refractivity contribution < 1.29 is 4.79 Å². The Balaban J connectivity index is 1.36. The third kappa shape index (κ3) is 3.98. The molecule has 0 aliphatic carbocycles. The van der Waals surface area contributed by atoms with E-state index >= 15 is 0 Å². The van der Waals surface area contributed by atoms with Gasteiger partial charge in [0.15, 0.2) is 0 Å². The van der Waals surface area contributed by atoms with Crippen LogP contribution in [-0.2, 0) is 4.79 Å². The number of aromatic nitrogens is 3. The molecular weight excluding hydrogens is 364 g/mol. The maximum absolute atomic E-state index is 12.3. The standard InChI is InChI=1S/C19H21ClN6O/c20-15-5-1-2-6-16(15)22-10-17(27)25-13-4-3-9-26(11-13)19-14-7-8-21-18(14)23-12-24-19/h1-2,5-8,12-13,22H,3-4,9-11H2,(H,25,27)(H,21,23,24)/t13-/m0/s1. The van der Waals surface area contributed by atoms with Gasteiger partial charge in [-0.2, -0.15) is 0 Å². The lowest BCUT2D eigenvalue weighted by atomic mass is 10.1. The minimum atomic E-state index is -0.0451. The molecule has 1 aliphatic rings. The molecule has 4 rings (SSSR count). The number of amides is 1. The predicted octanol–water partition coefficient (Wildman–Crippen LogP) is 2.81. The summed E-state index contributed by atoms with van der Waals surface area (Å²) in [6, 6.07) is 9.47. The van der Waals surface area contributed by atoms with Crippen LogP contribution in [0.2, 0.25) is 5.02 Å². The van der Waals surface area contributed by atoms with Crippen molar-refractivity contribution in [1.29, 1.82) is 0 Å². The van der Waals surface area contributed by atoms with E-state index in [4.69, 9.17) is 11.6 Å². The minimum Gasteiger partial charge on any atom is -0.375 e. The lowest BCUT2D eigenvalue weighted by Gasteiger charge is -2.34. The Labute approximate surface area is 162 Å². The summed E-state index contributed by atoms with van der Waals surface area (Å²) in [5.41, 5.74) is 1.59. The summed E-state index contributed by atoms with van der Waals surface area (Å²) in [5, 5.41) is 7.81. The van der Waals surface area contributed by atoms with E-state index < -0.39 is 0 Å². The van der Waals surface area contributed by atoms with Gasteiger partial charge in [-0.05, 0) is 31.0 Å². The summed E-state index contributed by atoms with van der Waals surface area (Å²) in [6.45, 7) is 1.84. The number of benzene rings is 1. The third-order valence-corrected chi connectivity index (χ3v) is 5.06. The van der Waals surface area contributed by atoms with Gasteiger partial charge in [-0.15, -0.1) is 0 Å². The molecule has 0 spiro atoms. The topological polar surface area (TPSA) is 85.9 Å². The van der Waals surface area contributed by atoms with Gasteiger partial charge in [-0.25, -0.2) is 9.97 Å². The lowest BCUT2D eigenvalue weighted by Crippen LogP contribution is -2.49. The Morgan fingerprint density at radius 2 is 2.19 bits per heavy atom. The highest BCUT2D eigenvalue weighted by molar-refractivity contribution is 6.33. The van der Waals surface area contributed by atoms with Crippen LogP contribution in [0.1, 0.15) is 12.8 Å². The van der Waals surface area contributed by atoms with Gasteiger partial charge in [0.1, 0.15) is 17.8 Å². The summed E-state index contributed by atoms with van der Waals surface area (Å²) in [6.07, 6.45) is 5.39. The average Bonchev–Trinajstić information content (AvgIpc) is 3.16. The molecular formula is C19H21ClN6O. The number of piperidine rings is 1. The van der Waals surface area contributed by atoms with Crippen molar-refractivity contribution in [2.24, 2.45) is 0 Å². The van der Waals surface area contributed by atoms with Crippen LogP contribution in [0.4, 0.5) is 11.5 Å². The molecule has 7 nitrogen and oxygen atoms in total. The van der Waals surface area contributed by atoms with Crippen LogP contribution in [0.5, 0.6) is 0 Å². The van der Waals surface area contributed by atoms with Gasteiger partial charge in [0, 0.05) is 25.3 Å². The van der Waals surface area contributed by atoms with Crippen LogP contribution in [0, 0.1) is 0 Å². The van der Waals surface area contributed by atoms with Crippen LogP contribution in [0.25, 0.3) is 11.0 Å². The zero-order chi connectivity index (χ0) is 18.6. The molecule has 1 atom stereocenters. The highest BCUT2D eigenvalue weighted by Gasteiger charge is 2.23. The average molecular weight is 385 g/mol. The molecule has 0 radical (unpaired) electrons. The monoisotopic (exact) mass is 384 g/mol. The number of nitrogens with zero attached hydrogens (tertiary/aromatic N) is 3. The molecule has 3 N–H and O–H groups in total. The van der Waals surface area contributed by atoms with Crippen LogP contribution in [0.3, 0.4) is 0 Å². The van der Waals surface area contributed by atoms with Crippen LogP contribution < -0.4 is 15.5 Å². The molecule has 0 bridgehead atoms. The first-order valence-corrected chi connectivity index (χ1v) is 9.39. The maximum Gasteiger partial charge on any atom is 0.239 e. The second-order valence-electron chi connectivity index (χ2n) is 6.62. The number of carbonyl (C=O) groups is 1. The van der Waals surface area contributed by atoms with E-state index in [1.165, 1.54) is 0 Å². The summed E-state index contributed by atoms with van der Waals surface area (Å²) in [7, 11) is 0. The van der Waals surface area contributed by atoms with E-state index in [1.807, 2.05) is 30.5 Å². The van der Waals surface area contributed by atoms with Gasteiger partial charge in [-0.3, -0.25) is 4.79 Å². The Morgan fingerprint density at radius 3 is 3.07 bits per heavy atom. The van der Waals surface area contributed by atoms with E-state index in [1.54, 1.807) is 12.4 Å². The second-order valence-corrected chi connectivity index (χ2v) is 7.03. The second kappa shape index (κ2) is 7.84. The molecule has 0 unspecified atom stereocenters. The Morgan fingerprint density at radius 1 is 1.30 bits per heavy atom. The Kier molecular flexibility index (Phi) is 5.11. The number of hydrogen-bond acceptors (Lipinski definition) is 5. The number of nitrogens with one attached hydrogen (secondary N) is 3. The smallest absolute Gasteiger partial charge is 0.239 e. The van der Waals surface area contributed by atoms with Crippen molar-refractivity contribution in [2.75, 3.05) is 29.9 Å². The molecule has 1 saturated heterocycles. The first kappa shape index (κ1) is 17.6. The first-order valence-electron chi connectivity index (χ1n) is 9.01. The molecule has 3 heterocycles. The predicted molar refractivity (Wildman–Crippen MR) is 107 cm³/mol. The van der Waals surface area contributed by atoms with E-state index in [2.05, 4.69) is 30.5 Å². The zero-order valence-corrected chi connectivity index (χ0v) is 15.5. The molecule has 1 fully saturated rings. The summed E-state index contributed by atoms with van der Waals surface area (Å²) in [5.74, 6) is 0.866. The van der Waals surface area contributed by atoms with Gasteiger partial charge in [-0.1, -0.05) is 23.7 Å². The first-order chi connectivity index (χ1) is 13.2. The fraction of sp³-hybridized carbons (Fsp3) is 0.316.